The highest BCUT2D eigenvalue weighted by molar-refractivity contribution is 5.47. The van der Waals surface area contributed by atoms with Gasteiger partial charge < -0.3 is 15.5 Å². The van der Waals surface area contributed by atoms with Crippen molar-refractivity contribution in [3.8, 4) is 0 Å². The molecule has 0 aromatic carbocycles. The number of nitrogens with zero attached hydrogens (tertiary/aromatic N) is 3. The topological polar surface area (TPSA) is 53.1 Å². The Hall–Kier alpha value is -1.36. The Morgan fingerprint density at radius 1 is 1.21 bits per heavy atom. The van der Waals surface area contributed by atoms with Gasteiger partial charge in [0.1, 0.15) is 17.5 Å². The minimum Gasteiger partial charge on any atom is -0.373 e. The highest BCUT2D eigenvalue weighted by atomic mass is 15.2. The van der Waals surface area contributed by atoms with Crippen LogP contribution in [-0.2, 0) is 0 Å². The Bertz CT molecular complexity index is 424. The smallest absolute Gasteiger partial charge is 0.136 e. The van der Waals surface area contributed by atoms with Gasteiger partial charge in [-0.2, -0.15) is 0 Å². The molecule has 2 heterocycles. The maximum Gasteiger partial charge on any atom is 0.136 e. The van der Waals surface area contributed by atoms with Crippen molar-refractivity contribution < 1.29 is 0 Å². The summed E-state index contributed by atoms with van der Waals surface area (Å²) >= 11 is 0. The lowest BCUT2D eigenvalue weighted by molar-refractivity contribution is 0.352. The molecule has 2 aliphatic rings. The quantitative estimate of drug-likeness (QED) is 0.819. The molecule has 0 atom stereocenters. The molecule has 1 aliphatic heterocycles. The minimum absolute atomic E-state index is 0.590. The molecule has 19 heavy (non-hydrogen) atoms. The van der Waals surface area contributed by atoms with E-state index in [1.165, 1.54) is 38.8 Å². The summed E-state index contributed by atoms with van der Waals surface area (Å²) in [5, 5.41) is 6.56. The van der Waals surface area contributed by atoms with E-state index >= 15 is 0 Å². The van der Waals surface area contributed by atoms with Crippen molar-refractivity contribution in [2.75, 3.05) is 43.9 Å². The predicted octanol–water partition coefficient (Wildman–Crippen LogP) is 1.90. The van der Waals surface area contributed by atoms with Crippen LogP contribution in [0.5, 0.6) is 0 Å². The molecular weight excluding hydrogens is 238 g/mol. The van der Waals surface area contributed by atoms with Crippen molar-refractivity contribution >= 4 is 11.6 Å². The average molecular weight is 261 g/mol. The predicted molar refractivity (Wildman–Crippen MR) is 77.7 cm³/mol. The first kappa shape index (κ1) is 12.7. The largest absolute Gasteiger partial charge is 0.373 e. The van der Waals surface area contributed by atoms with Gasteiger partial charge in [0.15, 0.2) is 0 Å². The van der Waals surface area contributed by atoms with Gasteiger partial charge in [0.25, 0.3) is 0 Å². The first-order chi connectivity index (χ1) is 9.35. The number of hydrogen-bond acceptors (Lipinski definition) is 5. The maximum absolute atomic E-state index is 4.63. The van der Waals surface area contributed by atoms with Crippen LogP contribution in [0.3, 0.4) is 0 Å². The van der Waals surface area contributed by atoms with Crippen LogP contribution in [0.25, 0.3) is 0 Å². The van der Waals surface area contributed by atoms with Crippen molar-refractivity contribution in [1.29, 1.82) is 0 Å². The van der Waals surface area contributed by atoms with Crippen LogP contribution in [0.2, 0.25) is 0 Å². The first-order valence-electron chi connectivity index (χ1n) is 7.38. The van der Waals surface area contributed by atoms with E-state index in [9.17, 15) is 0 Å². The molecule has 5 nitrogen and oxygen atoms in total. The normalized spacial score (nSPS) is 19.6. The summed E-state index contributed by atoms with van der Waals surface area (Å²) < 4.78 is 0. The van der Waals surface area contributed by atoms with Gasteiger partial charge in [-0.3, -0.25) is 0 Å². The highest BCUT2D eigenvalue weighted by Gasteiger charge is 2.27. The van der Waals surface area contributed by atoms with E-state index in [2.05, 4.69) is 25.5 Å². The van der Waals surface area contributed by atoms with Gasteiger partial charge in [0.05, 0.1) is 0 Å². The van der Waals surface area contributed by atoms with Crippen molar-refractivity contribution in [3.05, 3.63) is 11.9 Å². The molecule has 1 saturated heterocycles. The molecule has 0 amide bonds. The number of hydrogen-bond donors (Lipinski definition) is 2. The Kier molecular flexibility index (Phi) is 3.82. The lowest BCUT2D eigenvalue weighted by Crippen LogP contribution is -2.26. The second kappa shape index (κ2) is 5.74. The van der Waals surface area contributed by atoms with E-state index in [0.717, 1.165) is 30.5 Å². The van der Waals surface area contributed by atoms with Gasteiger partial charge in [-0.1, -0.05) is 0 Å². The van der Waals surface area contributed by atoms with Crippen molar-refractivity contribution in [2.45, 2.75) is 31.6 Å². The van der Waals surface area contributed by atoms with Crippen molar-refractivity contribution in [3.63, 3.8) is 0 Å². The van der Waals surface area contributed by atoms with Crippen LogP contribution in [0.4, 0.5) is 11.6 Å². The number of aromatic nitrogens is 2. The Labute approximate surface area is 114 Å². The second-order valence-electron chi connectivity index (χ2n) is 5.50. The van der Waals surface area contributed by atoms with E-state index in [4.69, 9.17) is 0 Å². The molecule has 1 aliphatic carbocycles. The highest BCUT2D eigenvalue weighted by Crippen LogP contribution is 2.38. The fraction of sp³-hybridized carbons (Fsp3) is 0.714. The van der Waals surface area contributed by atoms with Gasteiger partial charge in [0.2, 0.25) is 0 Å². The molecule has 0 bridgehead atoms. The SMILES string of the molecule is CNc1cc(NCCN2CCCC2)nc(C2CC2)n1. The standard InChI is InChI=1S/C14H23N5/c1-15-12-10-13(18-14(17-12)11-4-5-11)16-6-9-19-7-2-3-8-19/h10-11H,2-9H2,1H3,(H2,15,16,17,18). The van der Waals surface area contributed by atoms with Crippen LogP contribution < -0.4 is 10.6 Å². The monoisotopic (exact) mass is 261 g/mol. The minimum atomic E-state index is 0.590. The molecule has 5 heteroatoms. The molecule has 0 spiro atoms. The summed E-state index contributed by atoms with van der Waals surface area (Å²) in [6, 6.07) is 2.00. The summed E-state index contributed by atoms with van der Waals surface area (Å²) in [5.41, 5.74) is 0. The summed E-state index contributed by atoms with van der Waals surface area (Å²) in [7, 11) is 1.91. The first-order valence-corrected chi connectivity index (χ1v) is 7.38. The van der Waals surface area contributed by atoms with E-state index in [1.54, 1.807) is 0 Å². The Balaban J connectivity index is 1.57. The molecule has 1 saturated carbocycles. The number of nitrogens with one attached hydrogen (secondary N) is 2. The number of likely N-dealkylation sites (tertiary alicyclic amines) is 1. The van der Waals surface area contributed by atoms with Crippen LogP contribution in [-0.4, -0.2) is 48.1 Å². The third-order valence-electron chi connectivity index (χ3n) is 3.87. The Morgan fingerprint density at radius 3 is 2.63 bits per heavy atom. The molecular formula is C14H23N5. The van der Waals surface area contributed by atoms with Gasteiger partial charge in [-0.15, -0.1) is 0 Å². The van der Waals surface area contributed by atoms with E-state index in [1.807, 2.05) is 13.1 Å². The van der Waals surface area contributed by atoms with Gasteiger partial charge in [-0.25, -0.2) is 9.97 Å². The fourth-order valence-corrected chi connectivity index (χ4v) is 2.56. The van der Waals surface area contributed by atoms with Crippen LogP contribution in [0.1, 0.15) is 37.4 Å². The van der Waals surface area contributed by atoms with E-state index in [0.29, 0.717) is 5.92 Å². The van der Waals surface area contributed by atoms with Crippen molar-refractivity contribution in [1.82, 2.24) is 14.9 Å². The van der Waals surface area contributed by atoms with Crippen molar-refractivity contribution in [2.24, 2.45) is 0 Å². The molecule has 2 N–H and O–H groups in total. The summed E-state index contributed by atoms with van der Waals surface area (Å²) in [6.45, 7) is 4.57. The van der Waals surface area contributed by atoms with Crippen LogP contribution >= 0.6 is 0 Å². The summed E-state index contributed by atoms with van der Waals surface area (Å²) in [5.74, 6) is 3.46. The summed E-state index contributed by atoms with van der Waals surface area (Å²) in [4.78, 5) is 11.7. The zero-order valence-corrected chi connectivity index (χ0v) is 11.7. The maximum atomic E-state index is 4.63. The zero-order chi connectivity index (χ0) is 13.1. The second-order valence-corrected chi connectivity index (χ2v) is 5.50. The molecule has 2 fully saturated rings. The molecule has 104 valence electrons. The average Bonchev–Trinajstić information content (AvgIpc) is 3.17. The third kappa shape index (κ3) is 3.35. The zero-order valence-electron chi connectivity index (χ0n) is 11.7. The molecule has 3 rings (SSSR count). The van der Waals surface area contributed by atoms with Gasteiger partial charge in [0, 0.05) is 32.1 Å². The number of rotatable bonds is 6. The van der Waals surface area contributed by atoms with Gasteiger partial charge in [-0.05, 0) is 38.8 Å². The molecule has 1 aromatic heterocycles. The lowest BCUT2D eigenvalue weighted by atomic mass is 10.3. The molecule has 0 radical (unpaired) electrons. The van der Waals surface area contributed by atoms with E-state index in [-0.39, 0.29) is 0 Å². The Morgan fingerprint density at radius 2 is 1.95 bits per heavy atom. The van der Waals surface area contributed by atoms with Crippen LogP contribution in [0, 0.1) is 0 Å². The fourth-order valence-electron chi connectivity index (χ4n) is 2.56. The van der Waals surface area contributed by atoms with Crippen LogP contribution in [0.15, 0.2) is 6.07 Å². The third-order valence-corrected chi connectivity index (χ3v) is 3.87. The summed E-state index contributed by atoms with van der Waals surface area (Å²) in [6.07, 6.45) is 5.17. The molecule has 0 unspecified atom stereocenters. The lowest BCUT2D eigenvalue weighted by Gasteiger charge is -2.15. The van der Waals surface area contributed by atoms with Gasteiger partial charge >= 0.3 is 0 Å². The van der Waals surface area contributed by atoms with E-state index < -0.39 is 0 Å². The number of anilines is 2. The molecule has 1 aromatic rings.